The van der Waals surface area contributed by atoms with Crippen LogP contribution in [0.2, 0.25) is 0 Å². The predicted molar refractivity (Wildman–Crippen MR) is 120 cm³/mol. The fraction of sp³-hybridized carbons (Fsp3) is 0.320. The van der Waals surface area contributed by atoms with Gasteiger partial charge in [-0.15, -0.1) is 0 Å². The number of carboxylic acids is 2. The molecule has 2 aliphatic rings. The van der Waals surface area contributed by atoms with Crippen LogP contribution in [0, 0.1) is 25.7 Å². The lowest BCUT2D eigenvalue weighted by Gasteiger charge is -2.30. The van der Waals surface area contributed by atoms with E-state index < -0.39 is 53.6 Å². The summed E-state index contributed by atoms with van der Waals surface area (Å²) in [6.07, 6.45) is -0.874. The highest BCUT2D eigenvalue weighted by molar-refractivity contribution is 6.24. The summed E-state index contributed by atoms with van der Waals surface area (Å²) >= 11 is 0. The number of anilines is 1. The van der Waals surface area contributed by atoms with Crippen LogP contribution < -0.4 is 10.2 Å². The molecule has 0 aromatic heterocycles. The highest BCUT2D eigenvalue weighted by atomic mass is 16.4. The number of fused-ring (bicyclic) bond motifs is 1. The van der Waals surface area contributed by atoms with Gasteiger partial charge in [0.25, 0.3) is 0 Å². The third-order valence-electron chi connectivity index (χ3n) is 6.77. The van der Waals surface area contributed by atoms with Crippen molar-refractivity contribution in [1.29, 1.82) is 0 Å². The van der Waals surface area contributed by atoms with Crippen LogP contribution in [0.3, 0.4) is 0 Å². The van der Waals surface area contributed by atoms with Crippen LogP contribution in [0.5, 0.6) is 0 Å². The van der Waals surface area contributed by atoms with Gasteiger partial charge in [0, 0.05) is 11.6 Å². The first kappa shape index (κ1) is 23.3. The zero-order valence-electron chi connectivity index (χ0n) is 18.9. The number of nitrogens with zero attached hydrogens (tertiary/aromatic N) is 1. The topological polar surface area (TPSA) is 141 Å². The number of nitrogens with one attached hydrogen (secondary N) is 1. The fourth-order valence-electron chi connectivity index (χ4n) is 5.14. The molecule has 176 valence electrons. The number of carbonyl (C=O) groups excluding carboxylic acids is 3. The molecular weight excluding hydrogens is 440 g/mol. The lowest BCUT2D eigenvalue weighted by Crippen LogP contribution is -2.57. The van der Waals surface area contributed by atoms with Crippen molar-refractivity contribution in [2.24, 2.45) is 11.8 Å². The average Bonchev–Trinajstić information content (AvgIpc) is 3.24. The molecule has 3 N–H and O–H groups in total. The molecule has 34 heavy (non-hydrogen) atoms. The van der Waals surface area contributed by atoms with E-state index in [0.29, 0.717) is 11.1 Å². The van der Waals surface area contributed by atoms with Crippen LogP contribution in [0.15, 0.2) is 42.5 Å². The van der Waals surface area contributed by atoms with Crippen molar-refractivity contribution < 1.29 is 34.2 Å². The minimum Gasteiger partial charge on any atom is -0.481 e. The summed E-state index contributed by atoms with van der Waals surface area (Å²) in [5.41, 5.74) is 0.713. The summed E-state index contributed by atoms with van der Waals surface area (Å²) in [6, 6.07) is 10.5. The van der Waals surface area contributed by atoms with Crippen molar-refractivity contribution in [2.75, 3.05) is 4.90 Å². The lowest BCUT2D eigenvalue weighted by atomic mass is 9.77. The normalized spacial score (nSPS) is 26.0. The molecule has 2 aromatic carbocycles. The van der Waals surface area contributed by atoms with E-state index in [9.17, 15) is 34.2 Å². The molecule has 0 radical (unpaired) electrons. The summed E-state index contributed by atoms with van der Waals surface area (Å²) in [6.45, 7) is 5.05. The van der Waals surface area contributed by atoms with Crippen molar-refractivity contribution in [3.05, 3.63) is 64.7 Å². The fourth-order valence-corrected chi connectivity index (χ4v) is 5.14. The first-order valence-electron chi connectivity index (χ1n) is 10.8. The minimum atomic E-state index is -2.17. The standard InChI is InChI=1S/C25H24N2O7/c1-12-4-5-13(2)17(10-12)21-19-20(25(26-21,24(33)34)11-18(29)30)23(32)27(22(19)31)16-8-6-15(7-9-16)14(3)28/h4-10,19-21,26H,11H2,1-3H3,(H,29,30)(H,33,34). The molecule has 2 fully saturated rings. The number of benzene rings is 2. The van der Waals surface area contributed by atoms with Gasteiger partial charge in [0.1, 0.15) is 5.54 Å². The third kappa shape index (κ3) is 3.49. The van der Waals surface area contributed by atoms with Crippen LogP contribution in [0.4, 0.5) is 5.69 Å². The predicted octanol–water partition coefficient (Wildman–Crippen LogP) is 2.25. The summed E-state index contributed by atoms with van der Waals surface area (Å²) in [7, 11) is 0. The first-order valence-corrected chi connectivity index (χ1v) is 10.8. The van der Waals surface area contributed by atoms with Gasteiger partial charge in [-0.1, -0.05) is 23.8 Å². The quantitative estimate of drug-likeness (QED) is 0.437. The van der Waals surface area contributed by atoms with E-state index in [1.54, 1.807) is 0 Å². The number of carbonyl (C=O) groups is 5. The maximum atomic E-state index is 13.7. The summed E-state index contributed by atoms with van der Waals surface area (Å²) in [5.74, 6) is -7.03. The van der Waals surface area contributed by atoms with E-state index in [0.717, 1.165) is 16.0 Å². The number of carboxylic acid groups (broad SMARTS) is 2. The lowest BCUT2D eigenvalue weighted by molar-refractivity contribution is -0.154. The molecule has 0 spiro atoms. The molecule has 0 bridgehead atoms. The van der Waals surface area contributed by atoms with Crippen molar-refractivity contribution in [3.63, 3.8) is 0 Å². The average molecular weight is 464 g/mol. The number of aryl methyl sites for hydroxylation is 2. The number of ketones is 1. The zero-order valence-corrected chi connectivity index (χ0v) is 18.9. The highest BCUT2D eigenvalue weighted by Crippen LogP contribution is 2.51. The first-order chi connectivity index (χ1) is 16.0. The molecular formula is C25H24N2O7. The number of rotatable bonds is 6. The monoisotopic (exact) mass is 464 g/mol. The maximum Gasteiger partial charge on any atom is 0.325 e. The molecule has 2 aliphatic heterocycles. The third-order valence-corrected chi connectivity index (χ3v) is 6.77. The molecule has 0 saturated carbocycles. The van der Waals surface area contributed by atoms with Gasteiger partial charge >= 0.3 is 11.9 Å². The molecule has 2 amide bonds. The number of hydrogen-bond donors (Lipinski definition) is 3. The Morgan fingerprint density at radius 2 is 1.65 bits per heavy atom. The van der Waals surface area contributed by atoms with Gasteiger partial charge in [0.05, 0.1) is 23.9 Å². The Hall–Kier alpha value is -3.85. The molecule has 9 heteroatoms. The van der Waals surface area contributed by atoms with Crippen molar-refractivity contribution in [1.82, 2.24) is 5.32 Å². The van der Waals surface area contributed by atoms with Gasteiger partial charge in [-0.3, -0.25) is 29.3 Å². The Balaban J connectivity index is 1.88. The molecule has 9 nitrogen and oxygen atoms in total. The van der Waals surface area contributed by atoms with E-state index in [2.05, 4.69) is 5.32 Å². The van der Waals surface area contributed by atoms with Crippen LogP contribution in [0.1, 0.15) is 46.4 Å². The number of amides is 2. The molecule has 2 heterocycles. The Morgan fingerprint density at radius 3 is 2.21 bits per heavy atom. The second kappa shape index (κ2) is 8.18. The van der Waals surface area contributed by atoms with Gasteiger partial charge in [-0.2, -0.15) is 0 Å². The van der Waals surface area contributed by atoms with Crippen molar-refractivity contribution in [3.8, 4) is 0 Å². The number of Topliss-reactive ketones (excluding diaryl/α,β-unsaturated/α-hetero) is 1. The van der Waals surface area contributed by atoms with Gasteiger partial charge in [-0.25, -0.2) is 4.90 Å². The molecule has 2 saturated heterocycles. The number of aliphatic carboxylic acids is 2. The second-order valence-corrected chi connectivity index (χ2v) is 8.95. The van der Waals surface area contributed by atoms with Gasteiger partial charge in [0.15, 0.2) is 5.78 Å². The summed E-state index contributed by atoms with van der Waals surface area (Å²) in [5, 5.41) is 22.6. The zero-order chi connectivity index (χ0) is 24.9. The summed E-state index contributed by atoms with van der Waals surface area (Å²) in [4.78, 5) is 64.0. The van der Waals surface area contributed by atoms with E-state index in [4.69, 9.17) is 0 Å². The number of imide groups is 1. The van der Waals surface area contributed by atoms with Crippen LogP contribution in [-0.2, 0) is 19.2 Å². The van der Waals surface area contributed by atoms with E-state index in [1.807, 2.05) is 32.0 Å². The molecule has 4 rings (SSSR count). The molecule has 4 unspecified atom stereocenters. The Kier molecular flexibility index (Phi) is 5.61. The SMILES string of the molecule is CC(=O)c1ccc(N2C(=O)C3C(c4cc(C)ccc4C)NC(CC(=O)O)(C(=O)O)C3C2=O)cc1. The Labute approximate surface area is 195 Å². The van der Waals surface area contributed by atoms with E-state index in [1.165, 1.54) is 31.2 Å². The van der Waals surface area contributed by atoms with E-state index >= 15 is 0 Å². The van der Waals surface area contributed by atoms with Gasteiger partial charge in [0.2, 0.25) is 11.8 Å². The van der Waals surface area contributed by atoms with Crippen molar-refractivity contribution in [2.45, 2.75) is 38.8 Å². The Bertz CT molecular complexity index is 1240. The van der Waals surface area contributed by atoms with E-state index in [-0.39, 0.29) is 11.5 Å². The van der Waals surface area contributed by atoms with Crippen LogP contribution in [0.25, 0.3) is 0 Å². The number of hydrogen-bond acceptors (Lipinski definition) is 6. The molecule has 0 aliphatic carbocycles. The highest BCUT2D eigenvalue weighted by Gasteiger charge is 2.69. The van der Waals surface area contributed by atoms with Crippen LogP contribution in [-0.4, -0.2) is 45.3 Å². The smallest absolute Gasteiger partial charge is 0.325 e. The minimum absolute atomic E-state index is 0.187. The summed E-state index contributed by atoms with van der Waals surface area (Å²) < 4.78 is 0. The van der Waals surface area contributed by atoms with Crippen LogP contribution >= 0.6 is 0 Å². The van der Waals surface area contributed by atoms with Gasteiger partial charge < -0.3 is 10.2 Å². The molecule has 2 aromatic rings. The van der Waals surface area contributed by atoms with Crippen molar-refractivity contribution >= 4 is 35.2 Å². The Morgan fingerprint density at radius 1 is 1.00 bits per heavy atom. The second-order valence-electron chi connectivity index (χ2n) is 8.95. The maximum absolute atomic E-state index is 13.7. The largest absolute Gasteiger partial charge is 0.481 e. The molecule has 4 atom stereocenters. The van der Waals surface area contributed by atoms with Gasteiger partial charge in [-0.05, 0) is 56.2 Å².